The zero-order chi connectivity index (χ0) is 31.2. The van der Waals surface area contributed by atoms with E-state index < -0.39 is 0 Å². The zero-order valence-corrected chi connectivity index (χ0v) is 25.2. The van der Waals surface area contributed by atoms with Gasteiger partial charge in [0.2, 0.25) is 0 Å². The third kappa shape index (κ3) is 5.00. The number of fused-ring (bicyclic) bond motifs is 4. The van der Waals surface area contributed by atoms with E-state index in [0.29, 0.717) is 17.5 Å². The van der Waals surface area contributed by atoms with E-state index in [1.54, 1.807) is 0 Å². The number of furan rings is 1. The van der Waals surface area contributed by atoms with Crippen LogP contribution >= 0.6 is 0 Å². The molecule has 0 amide bonds. The lowest BCUT2D eigenvalue weighted by atomic mass is 9.95. The maximum Gasteiger partial charge on any atom is 0.164 e. The molecule has 0 unspecified atom stereocenters. The molecule has 0 bridgehead atoms. The molecule has 220 valence electrons. The first-order chi connectivity index (χ1) is 23.2. The minimum Gasteiger partial charge on any atom is -0.456 e. The summed E-state index contributed by atoms with van der Waals surface area (Å²) >= 11 is 0. The van der Waals surface area contributed by atoms with Crippen LogP contribution in [0, 0.1) is 0 Å². The molecule has 0 spiro atoms. The smallest absolute Gasteiger partial charge is 0.164 e. The summed E-state index contributed by atoms with van der Waals surface area (Å²) in [6, 6.07) is 49.9. The Morgan fingerprint density at radius 3 is 1.79 bits per heavy atom. The molecule has 0 aliphatic heterocycles. The van der Waals surface area contributed by atoms with Gasteiger partial charge in [-0.3, -0.25) is 4.98 Å². The molecule has 0 fully saturated rings. The first kappa shape index (κ1) is 26.9. The number of aromatic nitrogens is 4. The maximum atomic E-state index is 6.11. The molecule has 0 saturated carbocycles. The number of hydrogen-bond donors (Lipinski definition) is 0. The lowest BCUT2D eigenvalue weighted by Crippen LogP contribution is -2.00. The second-order valence-electron chi connectivity index (χ2n) is 11.6. The van der Waals surface area contributed by atoms with Crippen molar-refractivity contribution in [3.63, 3.8) is 0 Å². The molecular weight excluding hydrogens is 576 g/mol. The third-order valence-corrected chi connectivity index (χ3v) is 8.59. The highest BCUT2D eigenvalue weighted by molar-refractivity contribution is 6.06. The van der Waals surface area contributed by atoms with Crippen LogP contribution in [0.4, 0.5) is 0 Å². The highest BCUT2D eigenvalue weighted by atomic mass is 16.3. The molecular formula is C42H26N4O. The minimum atomic E-state index is 0.600. The van der Waals surface area contributed by atoms with E-state index in [2.05, 4.69) is 77.8 Å². The Bertz CT molecular complexity index is 2580. The molecule has 3 heterocycles. The molecule has 0 aliphatic carbocycles. The summed E-state index contributed by atoms with van der Waals surface area (Å²) in [5.74, 6) is 1.82. The van der Waals surface area contributed by atoms with Gasteiger partial charge < -0.3 is 4.42 Å². The number of benzene rings is 6. The van der Waals surface area contributed by atoms with Crippen LogP contribution in [0.5, 0.6) is 0 Å². The average Bonchev–Trinajstić information content (AvgIpc) is 3.53. The molecule has 5 heteroatoms. The molecule has 47 heavy (non-hydrogen) atoms. The number of rotatable bonds is 5. The van der Waals surface area contributed by atoms with Crippen molar-refractivity contribution in [1.29, 1.82) is 0 Å². The number of para-hydroxylation sites is 1. The molecule has 9 rings (SSSR count). The van der Waals surface area contributed by atoms with E-state index in [0.717, 1.165) is 60.9 Å². The van der Waals surface area contributed by atoms with Gasteiger partial charge in [-0.2, -0.15) is 0 Å². The molecule has 3 aromatic heterocycles. The van der Waals surface area contributed by atoms with Gasteiger partial charge in [-0.25, -0.2) is 15.0 Å². The van der Waals surface area contributed by atoms with Crippen molar-refractivity contribution in [3.05, 3.63) is 158 Å². The molecule has 0 atom stereocenters. The van der Waals surface area contributed by atoms with Gasteiger partial charge in [-0.05, 0) is 93.7 Å². The Morgan fingerprint density at radius 2 is 0.957 bits per heavy atom. The summed E-state index contributed by atoms with van der Waals surface area (Å²) in [7, 11) is 0. The van der Waals surface area contributed by atoms with Crippen molar-refractivity contribution in [3.8, 4) is 56.4 Å². The Morgan fingerprint density at radius 1 is 0.340 bits per heavy atom. The topological polar surface area (TPSA) is 64.7 Å². The summed E-state index contributed by atoms with van der Waals surface area (Å²) in [5.41, 5.74) is 8.73. The highest BCUT2D eigenvalue weighted by Crippen LogP contribution is 2.36. The number of nitrogens with zero attached hydrogens (tertiary/aromatic N) is 4. The zero-order valence-electron chi connectivity index (χ0n) is 25.2. The van der Waals surface area contributed by atoms with Gasteiger partial charge in [0.1, 0.15) is 11.2 Å². The van der Waals surface area contributed by atoms with Crippen LogP contribution in [0.1, 0.15) is 0 Å². The standard InChI is InChI=1S/C42H26N4O/c1-2-9-29(10-3-1)40-44-41(32-16-17-39-37(26-32)36-12-6-7-13-38(36)47-39)46-42(45-40)35-24-33(28-18-20-43-21-19-28)23-34(25-35)31-15-14-27-8-4-5-11-30(27)22-31/h1-26H. The van der Waals surface area contributed by atoms with Crippen molar-refractivity contribution < 1.29 is 4.42 Å². The van der Waals surface area contributed by atoms with Crippen molar-refractivity contribution >= 4 is 32.7 Å². The van der Waals surface area contributed by atoms with Gasteiger partial charge in [0.25, 0.3) is 0 Å². The molecule has 6 aromatic carbocycles. The molecule has 5 nitrogen and oxygen atoms in total. The Kier molecular flexibility index (Phi) is 6.39. The van der Waals surface area contributed by atoms with Crippen molar-refractivity contribution in [2.75, 3.05) is 0 Å². The minimum absolute atomic E-state index is 0.600. The summed E-state index contributed by atoms with van der Waals surface area (Å²) in [4.78, 5) is 19.5. The fraction of sp³-hybridized carbons (Fsp3) is 0. The first-order valence-electron chi connectivity index (χ1n) is 15.5. The summed E-state index contributed by atoms with van der Waals surface area (Å²) in [5, 5.41) is 4.49. The van der Waals surface area contributed by atoms with Crippen LogP contribution in [0.15, 0.2) is 162 Å². The second kappa shape index (κ2) is 11.2. The van der Waals surface area contributed by atoms with Crippen molar-refractivity contribution in [2.24, 2.45) is 0 Å². The van der Waals surface area contributed by atoms with Gasteiger partial charge in [-0.1, -0.05) is 84.9 Å². The fourth-order valence-electron chi connectivity index (χ4n) is 6.22. The van der Waals surface area contributed by atoms with Gasteiger partial charge in [0.15, 0.2) is 17.5 Å². The number of hydrogen-bond acceptors (Lipinski definition) is 5. The van der Waals surface area contributed by atoms with Crippen LogP contribution in [-0.4, -0.2) is 19.9 Å². The summed E-state index contributed by atoms with van der Waals surface area (Å²) < 4.78 is 6.11. The highest BCUT2D eigenvalue weighted by Gasteiger charge is 2.16. The van der Waals surface area contributed by atoms with E-state index in [1.807, 2.05) is 85.2 Å². The van der Waals surface area contributed by atoms with Crippen LogP contribution in [0.25, 0.3) is 89.1 Å². The summed E-state index contributed by atoms with van der Waals surface area (Å²) in [6.45, 7) is 0. The first-order valence-corrected chi connectivity index (χ1v) is 15.5. The Balaban J connectivity index is 1.26. The van der Waals surface area contributed by atoms with Crippen LogP contribution in [0.3, 0.4) is 0 Å². The molecule has 0 saturated heterocycles. The monoisotopic (exact) mass is 602 g/mol. The predicted molar refractivity (Wildman–Crippen MR) is 190 cm³/mol. The lowest BCUT2D eigenvalue weighted by molar-refractivity contribution is 0.669. The summed E-state index contributed by atoms with van der Waals surface area (Å²) in [6.07, 6.45) is 3.64. The molecule has 0 aliphatic rings. The molecule has 0 N–H and O–H groups in total. The Labute approximate surface area is 270 Å². The van der Waals surface area contributed by atoms with Crippen LogP contribution < -0.4 is 0 Å². The van der Waals surface area contributed by atoms with Crippen LogP contribution in [-0.2, 0) is 0 Å². The van der Waals surface area contributed by atoms with Gasteiger partial charge in [0, 0.05) is 39.9 Å². The predicted octanol–water partition coefficient (Wildman–Crippen LogP) is 10.7. The van der Waals surface area contributed by atoms with E-state index in [1.165, 1.54) is 10.8 Å². The Hall–Kier alpha value is -6.46. The average molecular weight is 603 g/mol. The van der Waals surface area contributed by atoms with Gasteiger partial charge >= 0.3 is 0 Å². The van der Waals surface area contributed by atoms with E-state index in [-0.39, 0.29) is 0 Å². The second-order valence-corrected chi connectivity index (χ2v) is 11.6. The largest absolute Gasteiger partial charge is 0.456 e. The van der Waals surface area contributed by atoms with Crippen LogP contribution in [0.2, 0.25) is 0 Å². The normalized spacial score (nSPS) is 11.4. The van der Waals surface area contributed by atoms with E-state index in [9.17, 15) is 0 Å². The lowest BCUT2D eigenvalue weighted by Gasteiger charge is -2.13. The quantitative estimate of drug-likeness (QED) is 0.196. The SMILES string of the molecule is c1ccc(-c2nc(-c3cc(-c4ccncc4)cc(-c4ccc5ccccc5c4)c3)nc(-c3ccc4oc5ccccc5c4c3)n2)cc1. The van der Waals surface area contributed by atoms with Gasteiger partial charge in [-0.15, -0.1) is 0 Å². The van der Waals surface area contributed by atoms with E-state index in [4.69, 9.17) is 19.4 Å². The van der Waals surface area contributed by atoms with Crippen molar-refractivity contribution in [2.45, 2.75) is 0 Å². The maximum absolute atomic E-state index is 6.11. The third-order valence-electron chi connectivity index (χ3n) is 8.59. The van der Waals surface area contributed by atoms with Crippen molar-refractivity contribution in [1.82, 2.24) is 19.9 Å². The molecule has 9 aromatic rings. The molecule has 0 radical (unpaired) electrons. The van der Waals surface area contributed by atoms with E-state index >= 15 is 0 Å². The van der Waals surface area contributed by atoms with Gasteiger partial charge in [0.05, 0.1) is 0 Å². The number of pyridine rings is 1. The fourth-order valence-corrected chi connectivity index (χ4v) is 6.22.